The second kappa shape index (κ2) is 5.32. The highest BCUT2D eigenvalue weighted by molar-refractivity contribution is 9.10. The summed E-state index contributed by atoms with van der Waals surface area (Å²) in [5.41, 5.74) is 4.61. The molecule has 0 radical (unpaired) electrons. The summed E-state index contributed by atoms with van der Waals surface area (Å²) in [4.78, 5) is 11.3. The van der Waals surface area contributed by atoms with Gasteiger partial charge in [0, 0.05) is 0 Å². The zero-order valence-corrected chi connectivity index (χ0v) is 10.8. The number of methoxy groups -OCH3 is 1. The number of benzene rings is 1. The molecule has 1 rings (SSSR count). The van der Waals surface area contributed by atoms with Crippen molar-refractivity contribution < 1.29 is 14.3 Å². The number of para-hydroxylation sites is 1. The fourth-order valence-electron chi connectivity index (χ4n) is 1.08. The Balaban J connectivity index is 2.65. The molecule has 16 heavy (non-hydrogen) atoms. The third-order valence-corrected chi connectivity index (χ3v) is 2.67. The molecule has 0 amide bonds. The van der Waals surface area contributed by atoms with Gasteiger partial charge in [-0.15, -0.1) is 0 Å². The Kier molecular flexibility index (Phi) is 4.32. The maximum absolute atomic E-state index is 11.3. The van der Waals surface area contributed by atoms with E-state index < -0.39 is 11.5 Å². The molecule has 1 aromatic rings. The van der Waals surface area contributed by atoms with Crippen LogP contribution in [0.2, 0.25) is 0 Å². The van der Waals surface area contributed by atoms with Gasteiger partial charge in [-0.25, -0.2) is 4.79 Å². The summed E-state index contributed by atoms with van der Waals surface area (Å²) >= 11 is 3.34. The van der Waals surface area contributed by atoms with Crippen molar-refractivity contribution in [1.29, 1.82) is 0 Å². The average Bonchev–Trinajstić information content (AvgIpc) is 2.27. The van der Waals surface area contributed by atoms with Gasteiger partial charge in [-0.3, -0.25) is 0 Å². The van der Waals surface area contributed by atoms with Gasteiger partial charge in [0.2, 0.25) is 0 Å². The van der Waals surface area contributed by atoms with Crippen LogP contribution in [-0.4, -0.2) is 25.2 Å². The minimum atomic E-state index is -1.15. The van der Waals surface area contributed by atoms with E-state index in [1.807, 2.05) is 18.2 Å². The monoisotopic (exact) mass is 287 g/mol. The lowest BCUT2D eigenvalue weighted by atomic mass is 10.1. The lowest BCUT2D eigenvalue weighted by Crippen LogP contribution is -2.50. The van der Waals surface area contributed by atoms with E-state index in [4.69, 9.17) is 10.5 Å². The number of hydrogen-bond acceptors (Lipinski definition) is 4. The van der Waals surface area contributed by atoms with Gasteiger partial charge in [-0.2, -0.15) is 0 Å². The standard InChI is InChI=1S/C11H14BrNO3/c1-11(13,10(14)15-2)7-16-9-6-4-3-5-8(9)12/h3-6H,7,13H2,1-2H3. The van der Waals surface area contributed by atoms with Crippen LogP contribution in [0.5, 0.6) is 5.75 Å². The third kappa shape index (κ3) is 3.21. The lowest BCUT2D eigenvalue weighted by Gasteiger charge is -2.21. The van der Waals surface area contributed by atoms with Gasteiger partial charge in [0.15, 0.2) is 0 Å². The van der Waals surface area contributed by atoms with Crippen LogP contribution in [0, 0.1) is 0 Å². The molecule has 0 aliphatic rings. The molecule has 0 aliphatic carbocycles. The zero-order chi connectivity index (χ0) is 12.2. The predicted molar refractivity (Wildman–Crippen MR) is 64.2 cm³/mol. The molecule has 0 saturated heterocycles. The highest BCUT2D eigenvalue weighted by Crippen LogP contribution is 2.24. The van der Waals surface area contributed by atoms with Crippen molar-refractivity contribution in [3.63, 3.8) is 0 Å². The third-order valence-electron chi connectivity index (χ3n) is 2.02. The number of carbonyl (C=O) groups is 1. The second-order valence-electron chi connectivity index (χ2n) is 3.63. The topological polar surface area (TPSA) is 61.5 Å². The summed E-state index contributed by atoms with van der Waals surface area (Å²) in [6.07, 6.45) is 0. The second-order valence-corrected chi connectivity index (χ2v) is 4.48. The van der Waals surface area contributed by atoms with Crippen LogP contribution in [0.3, 0.4) is 0 Å². The number of halogens is 1. The fourth-order valence-corrected chi connectivity index (χ4v) is 1.48. The molecule has 5 heteroatoms. The molecule has 0 heterocycles. The minimum Gasteiger partial charge on any atom is -0.490 e. The molecule has 1 atom stereocenters. The maximum Gasteiger partial charge on any atom is 0.329 e. The Labute approximate surface area is 103 Å². The van der Waals surface area contributed by atoms with E-state index in [1.165, 1.54) is 7.11 Å². The number of rotatable bonds is 4. The van der Waals surface area contributed by atoms with Crippen molar-refractivity contribution in [3.05, 3.63) is 28.7 Å². The number of carbonyl (C=O) groups excluding carboxylic acids is 1. The molecule has 88 valence electrons. The van der Waals surface area contributed by atoms with Crippen LogP contribution in [0.25, 0.3) is 0 Å². The van der Waals surface area contributed by atoms with Gasteiger partial charge < -0.3 is 15.2 Å². The molecule has 1 unspecified atom stereocenters. The van der Waals surface area contributed by atoms with Crippen molar-refractivity contribution in [2.75, 3.05) is 13.7 Å². The van der Waals surface area contributed by atoms with E-state index in [0.29, 0.717) is 5.75 Å². The normalized spacial score (nSPS) is 14.0. The summed E-state index contributed by atoms with van der Waals surface area (Å²) in [6, 6.07) is 7.35. The van der Waals surface area contributed by atoms with Crippen LogP contribution in [0.4, 0.5) is 0 Å². The molecule has 0 spiro atoms. The molecule has 2 N–H and O–H groups in total. The van der Waals surface area contributed by atoms with E-state index >= 15 is 0 Å². The average molecular weight is 288 g/mol. The summed E-state index contributed by atoms with van der Waals surface area (Å²) in [7, 11) is 1.30. The van der Waals surface area contributed by atoms with Gasteiger partial charge >= 0.3 is 5.97 Å². The van der Waals surface area contributed by atoms with E-state index in [2.05, 4.69) is 20.7 Å². The summed E-state index contributed by atoms with van der Waals surface area (Å²) in [5, 5.41) is 0. The van der Waals surface area contributed by atoms with Crippen molar-refractivity contribution >= 4 is 21.9 Å². The Morgan fingerprint density at radius 1 is 1.50 bits per heavy atom. The van der Waals surface area contributed by atoms with Gasteiger partial charge in [0.25, 0.3) is 0 Å². The number of ether oxygens (including phenoxy) is 2. The van der Waals surface area contributed by atoms with Crippen LogP contribution in [0.15, 0.2) is 28.7 Å². The fraction of sp³-hybridized carbons (Fsp3) is 0.364. The van der Waals surface area contributed by atoms with Crippen molar-refractivity contribution in [2.45, 2.75) is 12.5 Å². The highest BCUT2D eigenvalue weighted by atomic mass is 79.9. The first-order valence-electron chi connectivity index (χ1n) is 4.72. The molecular formula is C11H14BrNO3. The van der Waals surface area contributed by atoms with E-state index in [0.717, 1.165) is 4.47 Å². The Morgan fingerprint density at radius 3 is 2.69 bits per heavy atom. The van der Waals surface area contributed by atoms with Crippen LogP contribution in [-0.2, 0) is 9.53 Å². The summed E-state index contributed by atoms with van der Waals surface area (Å²) < 4.78 is 10.8. The molecule has 0 aromatic heterocycles. The molecule has 1 aromatic carbocycles. The quantitative estimate of drug-likeness (QED) is 0.857. The van der Waals surface area contributed by atoms with Crippen molar-refractivity contribution in [3.8, 4) is 5.75 Å². The first kappa shape index (κ1) is 13.0. The van der Waals surface area contributed by atoms with E-state index in [1.54, 1.807) is 13.0 Å². The zero-order valence-electron chi connectivity index (χ0n) is 9.20. The molecule has 0 fully saturated rings. The number of hydrogen-bond donors (Lipinski definition) is 1. The molecular weight excluding hydrogens is 274 g/mol. The SMILES string of the molecule is COC(=O)C(C)(N)COc1ccccc1Br. The summed E-state index contributed by atoms with van der Waals surface area (Å²) in [5.74, 6) is 0.141. The highest BCUT2D eigenvalue weighted by Gasteiger charge is 2.30. The van der Waals surface area contributed by atoms with Crippen LogP contribution >= 0.6 is 15.9 Å². The Hall–Kier alpha value is -1.07. The maximum atomic E-state index is 11.3. The number of nitrogens with two attached hydrogens (primary N) is 1. The van der Waals surface area contributed by atoms with E-state index in [9.17, 15) is 4.79 Å². The predicted octanol–water partition coefficient (Wildman–Crippen LogP) is 1.72. The Bertz CT molecular complexity index is 379. The smallest absolute Gasteiger partial charge is 0.329 e. The molecule has 0 aliphatic heterocycles. The lowest BCUT2D eigenvalue weighted by molar-refractivity contribution is -0.147. The van der Waals surface area contributed by atoms with Gasteiger partial charge in [-0.1, -0.05) is 12.1 Å². The van der Waals surface area contributed by atoms with Gasteiger partial charge in [0.05, 0.1) is 11.6 Å². The number of esters is 1. The van der Waals surface area contributed by atoms with Gasteiger partial charge in [0.1, 0.15) is 17.9 Å². The van der Waals surface area contributed by atoms with Gasteiger partial charge in [-0.05, 0) is 35.0 Å². The minimum absolute atomic E-state index is 0.0578. The van der Waals surface area contributed by atoms with Crippen molar-refractivity contribution in [2.24, 2.45) is 5.73 Å². The molecule has 0 saturated carbocycles. The molecule has 4 nitrogen and oxygen atoms in total. The first-order chi connectivity index (χ1) is 7.47. The molecule has 0 bridgehead atoms. The van der Waals surface area contributed by atoms with Crippen LogP contribution in [0.1, 0.15) is 6.92 Å². The van der Waals surface area contributed by atoms with E-state index in [-0.39, 0.29) is 6.61 Å². The Morgan fingerprint density at radius 2 is 2.12 bits per heavy atom. The summed E-state index contributed by atoms with van der Waals surface area (Å²) in [6.45, 7) is 1.62. The van der Waals surface area contributed by atoms with Crippen LogP contribution < -0.4 is 10.5 Å². The first-order valence-corrected chi connectivity index (χ1v) is 5.51. The largest absolute Gasteiger partial charge is 0.490 e. The van der Waals surface area contributed by atoms with Crippen molar-refractivity contribution in [1.82, 2.24) is 0 Å².